The minimum atomic E-state index is -4.75. The van der Waals surface area contributed by atoms with E-state index in [0.717, 1.165) is 22.9 Å². The predicted octanol–water partition coefficient (Wildman–Crippen LogP) is 4.75. The molecule has 35 heavy (non-hydrogen) atoms. The van der Waals surface area contributed by atoms with Crippen LogP contribution in [0.3, 0.4) is 0 Å². The number of rotatable bonds is 9. The number of carbonyl (C=O) groups excluding carboxylic acids is 1. The number of aromatic nitrogens is 2. The zero-order valence-corrected chi connectivity index (χ0v) is 19.1. The van der Waals surface area contributed by atoms with Crippen LogP contribution in [0.15, 0.2) is 42.5 Å². The van der Waals surface area contributed by atoms with Crippen molar-refractivity contribution in [3.05, 3.63) is 81.6 Å². The summed E-state index contributed by atoms with van der Waals surface area (Å²) in [4.78, 5) is 12.7. The third-order valence-electron chi connectivity index (χ3n) is 5.13. The van der Waals surface area contributed by atoms with Crippen LogP contribution in [0, 0.1) is 11.6 Å². The molecule has 2 N–H and O–H groups in total. The Labute approximate surface area is 202 Å². The maximum atomic E-state index is 14.3. The molecule has 0 aliphatic carbocycles. The summed E-state index contributed by atoms with van der Waals surface area (Å²) in [5.74, 6) is -2.73. The normalized spacial score (nSPS) is 12.6. The molecule has 1 unspecified atom stereocenters. The Morgan fingerprint density at radius 1 is 1.17 bits per heavy atom. The Kier molecular flexibility index (Phi) is 8.47. The fourth-order valence-electron chi connectivity index (χ4n) is 3.20. The molecule has 2 aromatic carbocycles. The van der Waals surface area contributed by atoms with Crippen LogP contribution >= 0.6 is 11.6 Å². The van der Waals surface area contributed by atoms with Crippen molar-refractivity contribution in [3.8, 4) is 5.69 Å². The highest BCUT2D eigenvalue weighted by Crippen LogP contribution is 2.30. The molecule has 12 heteroatoms. The van der Waals surface area contributed by atoms with Gasteiger partial charge < -0.3 is 15.2 Å². The van der Waals surface area contributed by atoms with Crippen LogP contribution in [-0.4, -0.2) is 34.0 Å². The number of aliphatic hydroxyl groups excluding tert-OH is 1. The van der Waals surface area contributed by atoms with Gasteiger partial charge in [0, 0.05) is 5.56 Å². The van der Waals surface area contributed by atoms with E-state index in [-0.39, 0.29) is 48.3 Å². The van der Waals surface area contributed by atoms with Crippen molar-refractivity contribution in [2.45, 2.75) is 32.2 Å². The lowest BCUT2D eigenvalue weighted by atomic mass is 9.98. The van der Waals surface area contributed by atoms with Crippen LogP contribution in [0.5, 0.6) is 0 Å². The Bertz CT molecular complexity index is 1200. The second kappa shape index (κ2) is 11.1. The zero-order chi connectivity index (χ0) is 25.8. The Balaban J connectivity index is 1.77. The van der Waals surface area contributed by atoms with E-state index < -0.39 is 35.3 Å². The molecule has 1 amide bonds. The fourth-order valence-corrected chi connectivity index (χ4v) is 3.38. The van der Waals surface area contributed by atoms with E-state index >= 15 is 0 Å². The lowest BCUT2D eigenvalue weighted by Crippen LogP contribution is -2.28. The van der Waals surface area contributed by atoms with Gasteiger partial charge >= 0.3 is 6.18 Å². The summed E-state index contributed by atoms with van der Waals surface area (Å²) in [6.45, 7) is 0.985. The average molecular weight is 518 g/mol. The first-order chi connectivity index (χ1) is 16.5. The van der Waals surface area contributed by atoms with E-state index in [4.69, 9.17) is 21.4 Å². The van der Waals surface area contributed by atoms with Crippen molar-refractivity contribution in [3.63, 3.8) is 0 Å². The molecule has 0 spiro atoms. The molecule has 0 aliphatic heterocycles. The molecule has 3 aromatic rings. The van der Waals surface area contributed by atoms with Gasteiger partial charge in [-0.1, -0.05) is 23.7 Å². The van der Waals surface area contributed by atoms with Gasteiger partial charge in [0.25, 0.3) is 0 Å². The van der Waals surface area contributed by atoms with E-state index in [2.05, 4.69) is 10.4 Å². The number of hydrogen-bond donors (Lipinski definition) is 2. The lowest BCUT2D eigenvalue weighted by molar-refractivity contribution is -0.141. The number of carbonyl (C=O) groups is 1. The van der Waals surface area contributed by atoms with E-state index in [1.165, 1.54) is 31.2 Å². The number of aliphatic hydroxyl groups is 1. The van der Waals surface area contributed by atoms with Crippen molar-refractivity contribution in [2.24, 2.45) is 0 Å². The van der Waals surface area contributed by atoms with Crippen molar-refractivity contribution in [1.29, 1.82) is 0 Å². The topological polar surface area (TPSA) is 76.4 Å². The van der Waals surface area contributed by atoms with Crippen LogP contribution in [-0.2, 0) is 28.9 Å². The highest BCUT2D eigenvalue weighted by atomic mass is 35.5. The van der Waals surface area contributed by atoms with Crippen LogP contribution in [0.1, 0.15) is 35.4 Å². The molecule has 6 nitrogen and oxygen atoms in total. The average Bonchev–Trinajstić information content (AvgIpc) is 3.25. The molecule has 0 aliphatic rings. The number of nitrogens with one attached hydrogen (secondary N) is 1. The third-order valence-corrected chi connectivity index (χ3v) is 5.42. The summed E-state index contributed by atoms with van der Waals surface area (Å²) in [5, 5.41) is 14.5. The van der Waals surface area contributed by atoms with Crippen molar-refractivity contribution >= 4 is 17.5 Å². The molecule has 1 aromatic heterocycles. The maximum Gasteiger partial charge on any atom is 0.435 e. The van der Waals surface area contributed by atoms with Gasteiger partial charge in [-0.15, -0.1) is 0 Å². The maximum absolute atomic E-state index is 14.3. The zero-order valence-electron chi connectivity index (χ0n) is 18.4. The number of hydrogen-bond acceptors (Lipinski definition) is 4. The molecule has 188 valence electrons. The third kappa shape index (κ3) is 6.56. The number of benzene rings is 2. The first-order valence-electron chi connectivity index (χ1n) is 10.4. The van der Waals surface area contributed by atoms with Crippen LogP contribution in [0.25, 0.3) is 5.69 Å². The summed E-state index contributed by atoms with van der Waals surface area (Å²) in [7, 11) is 0. The summed E-state index contributed by atoms with van der Waals surface area (Å²) in [6, 6.07) is 8.25. The molecule has 1 atom stereocenters. The van der Waals surface area contributed by atoms with Gasteiger partial charge in [0.2, 0.25) is 5.91 Å². The van der Waals surface area contributed by atoms with Crippen molar-refractivity contribution in [1.82, 2.24) is 15.1 Å². The van der Waals surface area contributed by atoms with Crippen LogP contribution in [0.2, 0.25) is 5.02 Å². The van der Waals surface area contributed by atoms with E-state index in [1.807, 2.05) is 0 Å². The summed E-state index contributed by atoms with van der Waals surface area (Å²) < 4.78 is 73.6. The summed E-state index contributed by atoms with van der Waals surface area (Å²) >= 11 is 5.75. The molecular formula is C23H21ClF5N3O3. The minimum Gasteiger partial charge on any atom is -0.394 e. The molecule has 3 rings (SSSR count). The second-order valence-electron chi connectivity index (χ2n) is 7.60. The second-order valence-corrected chi connectivity index (χ2v) is 8.00. The Morgan fingerprint density at radius 2 is 1.91 bits per heavy atom. The van der Waals surface area contributed by atoms with Crippen LogP contribution < -0.4 is 5.32 Å². The molecule has 0 saturated heterocycles. The van der Waals surface area contributed by atoms with Crippen molar-refractivity contribution < 1.29 is 36.6 Å². The quantitative estimate of drug-likeness (QED) is 0.317. The molecular weight excluding hydrogens is 497 g/mol. The monoisotopic (exact) mass is 517 g/mol. The van der Waals surface area contributed by atoms with E-state index in [0.29, 0.717) is 5.56 Å². The summed E-state index contributed by atoms with van der Waals surface area (Å²) in [5.41, 5.74) is -0.554. The first kappa shape index (κ1) is 26.6. The highest BCUT2D eigenvalue weighted by molar-refractivity contribution is 6.30. The van der Waals surface area contributed by atoms with Gasteiger partial charge in [-0.2, -0.15) is 18.3 Å². The van der Waals surface area contributed by atoms with Crippen molar-refractivity contribution in [2.75, 3.05) is 13.2 Å². The number of ether oxygens (including phenoxy) is 1. The Hall–Kier alpha value is -3.02. The van der Waals surface area contributed by atoms with Gasteiger partial charge in [0.15, 0.2) is 5.69 Å². The smallest absolute Gasteiger partial charge is 0.394 e. The number of amides is 1. The highest BCUT2D eigenvalue weighted by Gasteiger charge is 2.35. The SMILES string of the molecule is CC(C(=O)NCc1cc(C(F)(F)F)nn1-c1ccc(F)c(Cl)c1)c1ccc(COCCO)c(F)c1. The molecule has 0 bridgehead atoms. The number of alkyl halides is 3. The van der Waals surface area contributed by atoms with Gasteiger partial charge in [-0.3, -0.25) is 4.79 Å². The molecule has 0 radical (unpaired) electrons. The Morgan fingerprint density at radius 3 is 2.54 bits per heavy atom. The molecule has 1 heterocycles. The molecule has 0 saturated carbocycles. The largest absolute Gasteiger partial charge is 0.435 e. The molecule has 0 fully saturated rings. The van der Waals surface area contributed by atoms with Gasteiger partial charge in [-0.05, 0) is 42.8 Å². The van der Waals surface area contributed by atoms with Gasteiger partial charge in [-0.25, -0.2) is 13.5 Å². The predicted molar refractivity (Wildman–Crippen MR) is 117 cm³/mol. The number of halogens is 6. The van der Waals surface area contributed by atoms with E-state index in [1.54, 1.807) is 0 Å². The minimum absolute atomic E-state index is 0.0249. The first-order valence-corrected chi connectivity index (χ1v) is 10.7. The lowest BCUT2D eigenvalue weighted by Gasteiger charge is -2.15. The summed E-state index contributed by atoms with van der Waals surface area (Å²) in [6.07, 6.45) is -4.75. The standard InChI is InChI=1S/C23H21ClF5N3O3/c1-13(14-2-3-15(20(26)8-14)12-35-7-6-33)22(34)30-11-17-10-21(23(27,28)29)31-32(17)16-4-5-19(25)18(24)9-16/h2-5,8-10,13,33H,6-7,11-12H2,1H3,(H,30,34). The van der Waals surface area contributed by atoms with Gasteiger partial charge in [0.1, 0.15) is 11.6 Å². The van der Waals surface area contributed by atoms with Gasteiger partial charge in [0.05, 0.1) is 48.7 Å². The fraction of sp³-hybridized carbons (Fsp3) is 0.304. The van der Waals surface area contributed by atoms with Crippen LogP contribution in [0.4, 0.5) is 22.0 Å². The number of nitrogens with zero attached hydrogens (tertiary/aromatic N) is 2. The van der Waals surface area contributed by atoms with E-state index in [9.17, 15) is 26.7 Å².